The van der Waals surface area contributed by atoms with Gasteiger partial charge in [0.05, 0.1) is 21.8 Å². The summed E-state index contributed by atoms with van der Waals surface area (Å²) in [6.07, 6.45) is 0. The Bertz CT molecular complexity index is 657. The first-order valence-electron chi connectivity index (χ1n) is 6.08. The largest absolute Gasteiger partial charge is 0.481 e. The summed E-state index contributed by atoms with van der Waals surface area (Å²) in [5, 5.41) is 9.35. The van der Waals surface area contributed by atoms with Crippen LogP contribution in [0, 0.1) is 11.7 Å². The fourth-order valence-electron chi connectivity index (χ4n) is 1.88. The molecule has 0 aliphatic carbocycles. The predicted octanol–water partition coefficient (Wildman–Crippen LogP) is 3.66. The number of carboxylic acids is 1. The molecule has 0 amide bonds. The van der Waals surface area contributed by atoms with Crippen LogP contribution in [-0.4, -0.2) is 26.4 Å². The molecule has 0 aliphatic rings. The standard InChI is InChI=1S/C13H14ClFN2O2S/c1-7(2)5-17-11-4-9(15)8(14)3-10(11)16-13(17)20-6-12(18)19/h3-4,7H,5-6H2,1-2H3,(H,18,19). The number of halogens is 2. The molecular formula is C13H14ClFN2O2S. The number of carboxylic acid groups (broad SMARTS) is 1. The number of carbonyl (C=O) groups is 1. The van der Waals surface area contributed by atoms with Crippen molar-refractivity contribution in [1.82, 2.24) is 9.55 Å². The zero-order valence-electron chi connectivity index (χ0n) is 11.1. The molecule has 2 rings (SSSR count). The molecule has 1 heterocycles. The van der Waals surface area contributed by atoms with E-state index < -0.39 is 11.8 Å². The van der Waals surface area contributed by atoms with Gasteiger partial charge in [0.15, 0.2) is 5.16 Å². The van der Waals surface area contributed by atoms with E-state index in [1.165, 1.54) is 12.1 Å². The molecule has 1 aromatic carbocycles. The van der Waals surface area contributed by atoms with Gasteiger partial charge in [-0.1, -0.05) is 37.2 Å². The van der Waals surface area contributed by atoms with Crippen LogP contribution in [0.1, 0.15) is 13.8 Å². The minimum absolute atomic E-state index is 0.0153. The predicted molar refractivity (Wildman–Crippen MR) is 77.9 cm³/mol. The summed E-state index contributed by atoms with van der Waals surface area (Å²) in [5.74, 6) is -1.17. The maximum Gasteiger partial charge on any atom is 0.313 e. The van der Waals surface area contributed by atoms with Gasteiger partial charge in [0, 0.05) is 12.6 Å². The average Bonchev–Trinajstić information content (AvgIpc) is 2.65. The molecule has 0 bridgehead atoms. The highest BCUT2D eigenvalue weighted by Gasteiger charge is 2.15. The lowest BCUT2D eigenvalue weighted by Gasteiger charge is -2.10. The van der Waals surface area contributed by atoms with Crippen molar-refractivity contribution < 1.29 is 14.3 Å². The highest BCUT2D eigenvalue weighted by molar-refractivity contribution is 7.99. The Hall–Kier alpha value is -1.27. The van der Waals surface area contributed by atoms with E-state index in [0.29, 0.717) is 28.7 Å². The zero-order valence-corrected chi connectivity index (χ0v) is 12.6. The van der Waals surface area contributed by atoms with E-state index in [4.69, 9.17) is 16.7 Å². The molecule has 108 valence electrons. The molecule has 4 nitrogen and oxygen atoms in total. The van der Waals surface area contributed by atoms with Crippen LogP contribution in [0.2, 0.25) is 5.02 Å². The van der Waals surface area contributed by atoms with Crippen molar-refractivity contribution in [2.45, 2.75) is 25.5 Å². The number of benzene rings is 1. The molecule has 0 saturated heterocycles. The fraction of sp³-hybridized carbons (Fsp3) is 0.385. The van der Waals surface area contributed by atoms with Crippen molar-refractivity contribution in [2.75, 3.05) is 5.75 Å². The summed E-state index contributed by atoms with van der Waals surface area (Å²) in [4.78, 5) is 15.0. The van der Waals surface area contributed by atoms with Crippen LogP contribution in [0.25, 0.3) is 11.0 Å². The lowest BCUT2D eigenvalue weighted by atomic mass is 10.2. The Morgan fingerprint density at radius 2 is 2.25 bits per heavy atom. The lowest BCUT2D eigenvalue weighted by molar-refractivity contribution is -0.133. The third kappa shape index (κ3) is 3.24. The van der Waals surface area contributed by atoms with Crippen LogP contribution >= 0.6 is 23.4 Å². The second-order valence-corrected chi connectivity index (χ2v) is 6.19. The van der Waals surface area contributed by atoms with Crippen molar-refractivity contribution in [1.29, 1.82) is 0 Å². The van der Waals surface area contributed by atoms with Gasteiger partial charge in [0.2, 0.25) is 0 Å². The highest BCUT2D eigenvalue weighted by Crippen LogP contribution is 2.28. The number of rotatable bonds is 5. The first-order valence-corrected chi connectivity index (χ1v) is 7.44. The minimum Gasteiger partial charge on any atom is -0.481 e. The number of imidazole rings is 1. The molecule has 0 unspecified atom stereocenters. The maximum absolute atomic E-state index is 13.6. The van der Waals surface area contributed by atoms with Crippen molar-refractivity contribution in [3.05, 3.63) is 23.0 Å². The third-order valence-corrected chi connectivity index (χ3v) is 3.88. The molecule has 1 aromatic heterocycles. The van der Waals surface area contributed by atoms with E-state index in [-0.39, 0.29) is 10.8 Å². The monoisotopic (exact) mass is 316 g/mol. The van der Waals surface area contributed by atoms with Crippen molar-refractivity contribution in [3.8, 4) is 0 Å². The SMILES string of the molecule is CC(C)Cn1c(SCC(=O)O)nc2cc(Cl)c(F)cc21. The van der Waals surface area contributed by atoms with E-state index in [2.05, 4.69) is 4.98 Å². The van der Waals surface area contributed by atoms with Gasteiger partial charge in [0.25, 0.3) is 0 Å². The van der Waals surface area contributed by atoms with Gasteiger partial charge in [-0.25, -0.2) is 9.37 Å². The van der Waals surface area contributed by atoms with Gasteiger partial charge in [0.1, 0.15) is 5.82 Å². The Balaban J connectivity index is 2.51. The van der Waals surface area contributed by atoms with Crippen LogP contribution in [0.4, 0.5) is 4.39 Å². The number of aromatic nitrogens is 2. The van der Waals surface area contributed by atoms with E-state index in [9.17, 15) is 9.18 Å². The fourth-order valence-corrected chi connectivity index (χ4v) is 2.78. The average molecular weight is 317 g/mol. The quantitative estimate of drug-likeness (QED) is 0.855. The van der Waals surface area contributed by atoms with E-state index in [0.717, 1.165) is 11.8 Å². The van der Waals surface area contributed by atoms with Gasteiger partial charge >= 0.3 is 5.97 Å². The first kappa shape index (κ1) is 15.1. The van der Waals surface area contributed by atoms with Crippen LogP contribution < -0.4 is 0 Å². The zero-order chi connectivity index (χ0) is 14.9. The second-order valence-electron chi connectivity index (χ2n) is 4.84. The topological polar surface area (TPSA) is 55.1 Å². The molecule has 2 aromatic rings. The van der Waals surface area contributed by atoms with Gasteiger partial charge < -0.3 is 9.67 Å². The number of aliphatic carboxylic acids is 1. The summed E-state index contributed by atoms with van der Waals surface area (Å²) < 4.78 is 15.5. The molecule has 0 fully saturated rings. The Morgan fingerprint density at radius 3 is 2.85 bits per heavy atom. The van der Waals surface area contributed by atoms with E-state index in [1.807, 2.05) is 18.4 Å². The smallest absolute Gasteiger partial charge is 0.313 e. The summed E-state index contributed by atoms with van der Waals surface area (Å²) in [6.45, 7) is 4.70. The van der Waals surface area contributed by atoms with Crippen molar-refractivity contribution >= 4 is 40.4 Å². The highest BCUT2D eigenvalue weighted by atomic mass is 35.5. The molecule has 20 heavy (non-hydrogen) atoms. The molecular weight excluding hydrogens is 303 g/mol. The van der Waals surface area contributed by atoms with Gasteiger partial charge in [-0.05, 0) is 12.0 Å². The third-order valence-electron chi connectivity index (χ3n) is 2.63. The van der Waals surface area contributed by atoms with Crippen LogP contribution in [0.3, 0.4) is 0 Å². The van der Waals surface area contributed by atoms with E-state index in [1.54, 1.807) is 0 Å². The minimum atomic E-state index is -0.914. The van der Waals surface area contributed by atoms with Gasteiger partial charge in [-0.2, -0.15) is 0 Å². The molecule has 7 heteroatoms. The molecule has 0 saturated carbocycles. The number of thioether (sulfide) groups is 1. The summed E-state index contributed by atoms with van der Waals surface area (Å²) >= 11 is 6.88. The van der Waals surface area contributed by atoms with Crippen LogP contribution in [0.15, 0.2) is 17.3 Å². The number of nitrogens with zero attached hydrogens (tertiary/aromatic N) is 2. The molecule has 0 atom stereocenters. The van der Waals surface area contributed by atoms with E-state index >= 15 is 0 Å². The van der Waals surface area contributed by atoms with Crippen molar-refractivity contribution in [3.63, 3.8) is 0 Å². The van der Waals surface area contributed by atoms with Gasteiger partial charge in [-0.3, -0.25) is 4.79 Å². The maximum atomic E-state index is 13.6. The Morgan fingerprint density at radius 1 is 1.55 bits per heavy atom. The molecule has 0 radical (unpaired) electrons. The summed E-state index contributed by atoms with van der Waals surface area (Å²) in [7, 11) is 0. The Labute approximate surface area is 124 Å². The first-order chi connectivity index (χ1) is 9.38. The molecule has 1 N–H and O–H groups in total. The number of hydrogen-bond donors (Lipinski definition) is 1. The summed E-state index contributed by atoms with van der Waals surface area (Å²) in [6, 6.07) is 2.81. The molecule has 0 aliphatic heterocycles. The normalized spacial score (nSPS) is 11.4. The van der Waals surface area contributed by atoms with Gasteiger partial charge in [-0.15, -0.1) is 0 Å². The number of hydrogen-bond acceptors (Lipinski definition) is 3. The summed E-state index contributed by atoms with van der Waals surface area (Å²) in [5.41, 5.74) is 1.21. The van der Waals surface area contributed by atoms with Crippen LogP contribution in [-0.2, 0) is 11.3 Å². The van der Waals surface area contributed by atoms with Crippen molar-refractivity contribution in [2.24, 2.45) is 5.92 Å². The molecule has 0 spiro atoms. The number of fused-ring (bicyclic) bond motifs is 1. The lowest BCUT2D eigenvalue weighted by Crippen LogP contribution is -2.07. The second kappa shape index (κ2) is 6.01. The Kier molecular flexibility index (Phi) is 4.55. The van der Waals surface area contributed by atoms with Crippen LogP contribution in [0.5, 0.6) is 0 Å².